The molecule has 0 radical (unpaired) electrons. The van der Waals surface area contributed by atoms with Crippen molar-refractivity contribution in [1.82, 2.24) is 20.2 Å². The average Bonchev–Trinajstić information content (AvgIpc) is 2.80. The summed E-state index contributed by atoms with van der Waals surface area (Å²) in [7, 11) is 2.18. The van der Waals surface area contributed by atoms with Crippen molar-refractivity contribution in [1.29, 1.82) is 0 Å². The van der Waals surface area contributed by atoms with Crippen molar-refractivity contribution in [3.8, 4) is 5.75 Å². The quantitative estimate of drug-likeness (QED) is 0.457. The number of hydrogen-bond donors (Lipinski definition) is 3. The highest BCUT2D eigenvalue weighted by Gasteiger charge is 2.17. The Balaban J connectivity index is 1.40. The normalized spacial score (nSPS) is 14.8. The van der Waals surface area contributed by atoms with Crippen molar-refractivity contribution < 1.29 is 4.74 Å². The summed E-state index contributed by atoms with van der Waals surface area (Å²) in [4.78, 5) is 11.3. The molecule has 0 atom stereocenters. The highest BCUT2D eigenvalue weighted by atomic mass is 16.5. The molecule has 0 amide bonds. The van der Waals surface area contributed by atoms with Gasteiger partial charge in [0.05, 0.1) is 17.9 Å². The van der Waals surface area contributed by atoms with Crippen molar-refractivity contribution >= 4 is 28.1 Å². The van der Waals surface area contributed by atoms with E-state index in [0.717, 1.165) is 65.9 Å². The third kappa shape index (κ3) is 5.68. The zero-order chi connectivity index (χ0) is 22.3. The molecule has 1 aliphatic rings. The molecule has 0 aliphatic carbocycles. The molecule has 32 heavy (non-hydrogen) atoms. The molecule has 1 saturated heterocycles. The van der Waals surface area contributed by atoms with E-state index >= 15 is 0 Å². The lowest BCUT2D eigenvalue weighted by atomic mass is 9.98. The Morgan fingerprint density at radius 3 is 2.59 bits per heavy atom. The van der Waals surface area contributed by atoms with Crippen LogP contribution >= 0.6 is 0 Å². The molecule has 3 aromatic rings. The smallest absolute Gasteiger partial charge is 0.141 e. The molecular formula is C25H32N6O. The van der Waals surface area contributed by atoms with E-state index in [9.17, 15) is 0 Å². The van der Waals surface area contributed by atoms with E-state index < -0.39 is 0 Å². The minimum absolute atomic E-state index is 0.622. The molecule has 0 unspecified atom stereocenters. The molecule has 2 aromatic carbocycles. The van der Waals surface area contributed by atoms with Crippen LogP contribution in [0.1, 0.15) is 19.8 Å². The Kier molecular flexibility index (Phi) is 7.07. The standard InChI is InChI=1S/C25H32N6O/c1-4-26-18(2)29-20-5-7-21(8-6-20)30-25-23-10-9-22(15-24(23)27-17-28-25)32-16-19-11-13-31(3)14-12-19/h5-10,15,17,19,26,29H,2,4,11-14,16H2,1,3H3,(H,27,28,30). The first-order valence-electron chi connectivity index (χ1n) is 11.2. The van der Waals surface area contributed by atoms with Crippen LogP contribution in [0.15, 0.2) is 61.2 Å². The molecule has 1 fully saturated rings. The fourth-order valence-corrected chi connectivity index (χ4v) is 3.87. The van der Waals surface area contributed by atoms with Gasteiger partial charge in [-0.25, -0.2) is 9.97 Å². The summed E-state index contributed by atoms with van der Waals surface area (Å²) in [6, 6.07) is 14.1. The molecule has 0 saturated carbocycles. The van der Waals surface area contributed by atoms with Crippen LogP contribution in [0.5, 0.6) is 5.75 Å². The molecule has 0 spiro atoms. The predicted molar refractivity (Wildman–Crippen MR) is 131 cm³/mol. The highest BCUT2D eigenvalue weighted by molar-refractivity contribution is 5.91. The Labute approximate surface area is 189 Å². The maximum absolute atomic E-state index is 6.09. The van der Waals surface area contributed by atoms with E-state index in [1.54, 1.807) is 6.33 Å². The molecule has 168 valence electrons. The fraction of sp³-hybridized carbons (Fsp3) is 0.360. The van der Waals surface area contributed by atoms with E-state index in [2.05, 4.69) is 44.4 Å². The zero-order valence-electron chi connectivity index (χ0n) is 18.9. The van der Waals surface area contributed by atoms with Crippen LogP contribution in [0.25, 0.3) is 10.9 Å². The lowest BCUT2D eigenvalue weighted by Gasteiger charge is -2.28. The molecule has 7 nitrogen and oxygen atoms in total. The van der Waals surface area contributed by atoms with E-state index in [0.29, 0.717) is 5.92 Å². The van der Waals surface area contributed by atoms with Gasteiger partial charge in [-0.2, -0.15) is 0 Å². The number of nitrogens with zero attached hydrogens (tertiary/aromatic N) is 3. The fourth-order valence-electron chi connectivity index (χ4n) is 3.87. The Bertz CT molecular complexity index is 1040. The van der Waals surface area contributed by atoms with Gasteiger partial charge in [-0.05, 0) is 82.2 Å². The average molecular weight is 433 g/mol. The predicted octanol–water partition coefficient (Wildman–Crippen LogP) is 4.59. The summed E-state index contributed by atoms with van der Waals surface area (Å²) in [5.74, 6) is 3.04. The number of hydrogen-bond acceptors (Lipinski definition) is 7. The molecule has 4 rings (SSSR count). The Morgan fingerprint density at radius 2 is 1.84 bits per heavy atom. The highest BCUT2D eigenvalue weighted by Crippen LogP contribution is 2.27. The summed E-state index contributed by atoms with van der Waals surface area (Å²) in [6.07, 6.45) is 3.97. The monoisotopic (exact) mass is 432 g/mol. The second kappa shape index (κ2) is 10.3. The number of nitrogens with one attached hydrogen (secondary N) is 3. The minimum Gasteiger partial charge on any atom is -0.493 e. The first-order chi connectivity index (χ1) is 15.6. The van der Waals surface area contributed by atoms with Gasteiger partial charge in [0.15, 0.2) is 0 Å². The molecule has 1 aromatic heterocycles. The van der Waals surface area contributed by atoms with Crippen molar-refractivity contribution in [3.05, 3.63) is 61.2 Å². The Morgan fingerprint density at radius 1 is 1.09 bits per heavy atom. The Hall–Kier alpha value is -3.32. The first-order valence-corrected chi connectivity index (χ1v) is 11.2. The van der Waals surface area contributed by atoms with Crippen LogP contribution in [0.4, 0.5) is 17.2 Å². The van der Waals surface area contributed by atoms with Crippen LogP contribution in [0, 0.1) is 5.92 Å². The summed E-state index contributed by atoms with van der Waals surface area (Å²) in [5.41, 5.74) is 2.79. The number of anilines is 3. The first kappa shape index (κ1) is 21.9. The number of piperidine rings is 1. The number of likely N-dealkylation sites (tertiary alicyclic amines) is 1. The molecule has 0 bridgehead atoms. The molecule has 2 heterocycles. The third-order valence-corrected chi connectivity index (χ3v) is 5.76. The van der Waals surface area contributed by atoms with Gasteiger partial charge in [0.25, 0.3) is 0 Å². The molecule has 3 N–H and O–H groups in total. The summed E-state index contributed by atoms with van der Waals surface area (Å²) in [6.45, 7) is 9.87. The third-order valence-electron chi connectivity index (χ3n) is 5.76. The lowest BCUT2D eigenvalue weighted by molar-refractivity contribution is 0.160. The van der Waals surface area contributed by atoms with Crippen molar-refractivity contribution in [2.45, 2.75) is 19.8 Å². The van der Waals surface area contributed by atoms with Gasteiger partial charge in [0, 0.05) is 29.4 Å². The van der Waals surface area contributed by atoms with E-state index in [1.807, 2.05) is 49.4 Å². The largest absolute Gasteiger partial charge is 0.493 e. The minimum atomic E-state index is 0.622. The topological polar surface area (TPSA) is 74.3 Å². The molecule has 7 heteroatoms. The van der Waals surface area contributed by atoms with Gasteiger partial charge < -0.3 is 25.6 Å². The van der Waals surface area contributed by atoms with Crippen LogP contribution in [-0.2, 0) is 0 Å². The summed E-state index contributed by atoms with van der Waals surface area (Å²) in [5, 5.41) is 10.7. The number of benzene rings is 2. The lowest BCUT2D eigenvalue weighted by Crippen LogP contribution is -2.32. The van der Waals surface area contributed by atoms with Gasteiger partial charge in [-0.15, -0.1) is 0 Å². The van der Waals surface area contributed by atoms with Crippen molar-refractivity contribution in [3.63, 3.8) is 0 Å². The van der Waals surface area contributed by atoms with Crippen molar-refractivity contribution in [2.24, 2.45) is 5.92 Å². The molecule has 1 aliphatic heterocycles. The zero-order valence-corrected chi connectivity index (χ0v) is 18.9. The summed E-state index contributed by atoms with van der Waals surface area (Å²) >= 11 is 0. The van der Waals surface area contributed by atoms with Gasteiger partial charge >= 0.3 is 0 Å². The second-order valence-corrected chi connectivity index (χ2v) is 8.30. The van der Waals surface area contributed by atoms with Gasteiger partial charge in [-0.1, -0.05) is 6.58 Å². The van der Waals surface area contributed by atoms with E-state index in [1.165, 1.54) is 12.8 Å². The van der Waals surface area contributed by atoms with Crippen LogP contribution < -0.4 is 20.7 Å². The number of ether oxygens (including phenoxy) is 1. The number of aromatic nitrogens is 2. The summed E-state index contributed by atoms with van der Waals surface area (Å²) < 4.78 is 6.09. The van der Waals surface area contributed by atoms with Crippen LogP contribution in [0.2, 0.25) is 0 Å². The van der Waals surface area contributed by atoms with E-state index in [4.69, 9.17) is 4.74 Å². The van der Waals surface area contributed by atoms with Crippen molar-refractivity contribution in [2.75, 3.05) is 43.9 Å². The van der Waals surface area contributed by atoms with E-state index in [-0.39, 0.29) is 0 Å². The van der Waals surface area contributed by atoms with Crippen LogP contribution in [-0.4, -0.2) is 48.2 Å². The second-order valence-electron chi connectivity index (χ2n) is 8.30. The van der Waals surface area contributed by atoms with Gasteiger partial charge in [-0.3, -0.25) is 0 Å². The van der Waals surface area contributed by atoms with Gasteiger partial charge in [0.2, 0.25) is 0 Å². The number of fused-ring (bicyclic) bond motifs is 1. The van der Waals surface area contributed by atoms with Crippen LogP contribution in [0.3, 0.4) is 0 Å². The SMILES string of the molecule is C=C(NCC)Nc1ccc(Nc2ncnc3cc(OCC4CCN(C)CC4)ccc23)cc1. The maximum Gasteiger partial charge on any atom is 0.141 e. The number of rotatable bonds is 9. The maximum atomic E-state index is 6.09. The molecular weight excluding hydrogens is 400 g/mol. The van der Waals surface area contributed by atoms with Gasteiger partial charge in [0.1, 0.15) is 17.9 Å².